The van der Waals surface area contributed by atoms with Crippen molar-refractivity contribution in [3.63, 3.8) is 0 Å². The van der Waals surface area contributed by atoms with Gasteiger partial charge in [-0.15, -0.1) is 0 Å². The minimum absolute atomic E-state index is 0.0181. The van der Waals surface area contributed by atoms with Crippen LogP contribution in [0, 0.1) is 0 Å². The summed E-state index contributed by atoms with van der Waals surface area (Å²) in [6.07, 6.45) is 4.13. The number of hydrogen-bond acceptors (Lipinski definition) is 6. The third-order valence-electron chi connectivity index (χ3n) is 5.01. The van der Waals surface area contributed by atoms with Crippen molar-refractivity contribution < 1.29 is 23.2 Å². The number of Topliss-reactive ketones (excluding diaryl/α,β-unsaturated/α-hetero) is 1. The van der Waals surface area contributed by atoms with Crippen molar-refractivity contribution in [1.29, 1.82) is 0 Å². The van der Waals surface area contributed by atoms with Gasteiger partial charge in [0.05, 0.1) is 31.1 Å². The Hall–Kier alpha value is -3.02. The molecule has 0 bridgehead atoms. The number of ketones is 1. The van der Waals surface area contributed by atoms with E-state index >= 15 is 0 Å². The molecule has 1 aliphatic heterocycles. The zero-order chi connectivity index (χ0) is 18.3. The Morgan fingerprint density at radius 2 is 1.85 bits per heavy atom. The van der Waals surface area contributed by atoms with Gasteiger partial charge >= 0.3 is 5.97 Å². The first kappa shape index (κ1) is 16.4. The molecular formula is C20H19NO5. The third kappa shape index (κ3) is 2.58. The van der Waals surface area contributed by atoms with E-state index in [0.717, 1.165) is 11.5 Å². The number of furan rings is 2. The number of esters is 1. The largest absolute Gasteiger partial charge is 0.469 e. The number of nitrogens with one attached hydrogen (secondary N) is 1. The SMILES string of the molecule is COC(=O)C1=C(C)NC2=C(C(=O)C[C@@H](c3ccco3)C2)[C@H]1c1ccco1. The van der Waals surface area contributed by atoms with Crippen molar-refractivity contribution >= 4 is 11.8 Å². The Balaban J connectivity index is 1.80. The van der Waals surface area contributed by atoms with E-state index in [-0.39, 0.29) is 11.7 Å². The smallest absolute Gasteiger partial charge is 0.336 e. The molecule has 0 fully saturated rings. The van der Waals surface area contributed by atoms with Crippen LogP contribution in [0.2, 0.25) is 0 Å². The van der Waals surface area contributed by atoms with Crippen molar-refractivity contribution in [1.82, 2.24) is 5.32 Å². The molecule has 134 valence electrons. The van der Waals surface area contributed by atoms with E-state index in [1.165, 1.54) is 7.11 Å². The molecule has 0 saturated heterocycles. The number of methoxy groups -OCH3 is 1. The number of ether oxygens (including phenoxy) is 1. The Bertz CT molecular complexity index is 902. The van der Waals surface area contributed by atoms with E-state index in [1.54, 1.807) is 24.7 Å². The zero-order valence-electron chi connectivity index (χ0n) is 14.6. The van der Waals surface area contributed by atoms with Crippen LogP contribution < -0.4 is 5.32 Å². The van der Waals surface area contributed by atoms with E-state index in [2.05, 4.69) is 5.32 Å². The second kappa shape index (κ2) is 6.37. The molecule has 2 aromatic heterocycles. The third-order valence-corrected chi connectivity index (χ3v) is 5.01. The monoisotopic (exact) mass is 353 g/mol. The molecule has 2 aromatic rings. The Labute approximate surface area is 150 Å². The molecular weight excluding hydrogens is 334 g/mol. The summed E-state index contributed by atoms with van der Waals surface area (Å²) < 4.78 is 16.0. The van der Waals surface area contributed by atoms with Gasteiger partial charge in [0.1, 0.15) is 11.5 Å². The standard InChI is InChI=1S/C20H19NO5/c1-11-17(20(23)24-2)19(16-6-4-8-26-16)18-13(21-11)9-12(10-14(18)22)15-5-3-7-25-15/h3-8,12,19,21H,9-10H2,1-2H3/t12-,19-/m0/s1. The van der Waals surface area contributed by atoms with Crippen LogP contribution in [0.3, 0.4) is 0 Å². The van der Waals surface area contributed by atoms with Gasteiger partial charge < -0.3 is 18.9 Å². The van der Waals surface area contributed by atoms with Gasteiger partial charge in [0, 0.05) is 29.3 Å². The molecule has 4 rings (SSSR count). The lowest BCUT2D eigenvalue weighted by atomic mass is 9.74. The fourth-order valence-electron chi connectivity index (χ4n) is 3.88. The molecule has 2 aliphatic rings. The molecule has 0 amide bonds. The first-order valence-corrected chi connectivity index (χ1v) is 8.49. The zero-order valence-corrected chi connectivity index (χ0v) is 14.6. The fourth-order valence-corrected chi connectivity index (χ4v) is 3.88. The molecule has 0 unspecified atom stereocenters. The lowest BCUT2D eigenvalue weighted by Crippen LogP contribution is -2.35. The summed E-state index contributed by atoms with van der Waals surface area (Å²) in [7, 11) is 1.33. The summed E-state index contributed by atoms with van der Waals surface area (Å²) in [6.45, 7) is 1.81. The van der Waals surface area contributed by atoms with Gasteiger partial charge in [-0.2, -0.15) is 0 Å². The number of hydrogen-bond donors (Lipinski definition) is 1. The first-order chi connectivity index (χ1) is 12.6. The molecule has 0 radical (unpaired) electrons. The van der Waals surface area contributed by atoms with Crippen LogP contribution in [0.4, 0.5) is 0 Å². The van der Waals surface area contributed by atoms with Gasteiger partial charge in [-0.25, -0.2) is 4.79 Å². The summed E-state index contributed by atoms with van der Waals surface area (Å²) in [4.78, 5) is 25.5. The molecule has 1 N–H and O–H groups in total. The van der Waals surface area contributed by atoms with Crippen LogP contribution in [0.5, 0.6) is 0 Å². The number of carbonyl (C=O) groups excluding carboxylic acids is 2. The summed E-state index contributed by atoms with van der Waals surface area (Å²) in [6, 6.07) is 7.24. The fraction of sp³-hybridized carbons (Fsp3) is 0.300. The number of rotatable bonds is 3. The van der Waals surface area contributed by atoms with E-state index in [0.29, 0.717) is 35.4 Å². The Morgan fingerprint density at radius 1 is 1.15 bits per heavy atom. The van der Waals surface area contributed by atoms with Crippen LogP contribution in [0.15, 0.2) is 68.2 Å². The maximum atomic E-state index is 13.0. The van der Waals surface area contributed by atoms with Crippen molar-refractivity contribution in [3.8, 4) is 0 Å². The van der Waals surface area contributed by atoms with Crippen LogP contribution in [0.25, 0.3) is 0 Å². The summed E-state index contributed by atoms with van der Waals surface area (Å²) in [5.41, 5.74) is 2.47. The first-order valence-electron chi connectivity index (χ1n) is 8.49. The molecule has 6 heteroatoms. The number of dihydropyridines is 1. The maximum Gasteiger partial charge on any atom is 0.336 e. The summed E-state index contributed by atoms with van der Waals surface area (Å²) >= 11 is 0. The molecule has 0 spiro atoms. The maximum absolute atomic E-state index is 13.0. The topological polar surface area (TPSA) is 81.7 Å². The normalized spacial score (nSPS) is 22.9. The van der Waals surface area contributed by atoms with Gasteiger partial charge in [-0.05, 0) is 37.6 Å². The predicted octanol–water partition coefficient (Wildman–Crippen LogP) is 3.41. The van der Waals surface area contributed by atoms with E-state index in [1.807, 2.05) is 19.1 Å². The van der Waals surface area contributed by atoms with Gasteiger partial charge in [-0.3, -0.25) is 4.79 Å². The highest BCUT2D eigenvalue weighted by Gasteiger charge is 2.42. The Morgan fingerprint density at radius 3 is 2.46 bits per heavy atom. The second-order valence-electron chi connectivity index (χ2n) is 6.54. The molecule has 0 aromatic carbocycles. The molecule has 0 saturated carbocycles. The second-order valence-corrected chi connectivity index (χ2v) is 6.54. The average Bonchev–Trinajstić information content (AvgIpc) is 3.33. The number of allylic oxidation sites excluding steroid dienone is 3. The van der Waals surface area contributed by atoms with Crippen LogP contribution in [0.1, 0.15) is 43.1 Å². The van der Waals surface area contributed by atoms with Crippen molar-refractivity contribution in [2.75, 3.05) is 7.11 Å². The highest BCUT2D eigenvalue weighted by Crippen LogP contribution is 2.45. The molecule has 2 atom stereocenters. The number of carbonyl (C=O) groups is 2. The molecule has 6 nitrogen and oxygen atoms in total. The minimum atomic E-state index is -0.557. The molecule has 1 aliphatic carbocycles. The lowest BCUT2D eigenvalue weighted by molar-refractivity contribution is -0.136. The van der Waals surface area contributed by atoms with E-state index < -0.39 is 11.9 Å². The highest BCUT2D eigenvalue weighted by molar-refractivity contribution is 6.04. The van der Waals surface area contributed by atoms with Gasteiger partial charge in [0.2, 0.25) is 0 Å². The lowest BCUT2D eigenvalue weighted by Gasteiger charge is -2.35. The molecule has 26 heavy (non-hydrogen) atoms. The van der Waals surface area contributed by atoms with Crippen LogP contribution in [-0.4, -0.2) is 18.9 Å². The van der Waals surface area contributed by atoms with Gasteiger partial charge in [0.25, 0.3) is 0 Å². The van der Waals surface area contributed by atoms with E-state index in [4.69, 9.17) is 13.6 Å². The van der Waals surface area contributed by atoms with Crippen molar-refractivity contribution in [2.24, 2.45) is 0 Å². The minimum Gasteiger partial charge on any atom is -0.469 e. The van der Waals surface area contributed by atoms with Gasteiger partial charge in [-0.1, -0.05) is 0 Å². The van der Waals surface area contributed by atoms with Crippen LogP contribution >= 0.6 is 0 Å². The highest BCUT2D eigenvalue weighted by atomic mass is 16.5. The predicted molar refractivity (Wildman–Crippen MR) is 92.0 cm³/mol. The molecule has 3 heterocycles. The Kier molecular flexibility index (Phi) is 4.03. The van der Waals surface area contributed by atoms with E-state index in [9.17, 15) is 9.59 Å². The van der Waals surface area contributed by atoms with Crippen molar-refractivity contribution in [2.45, 2.75) is 31.6 Å². The summed E-state index contributed by atoms with van der Waals surface area (Å²) in [5, 5.41) is 3.25. The average molecular weight is 353 g/mol. The van der Waals surface area contributed by atoms with Crippen molar-refractivity contribution in [3.05, 3.63) is 70.9 Å². The van der Waals surface area contributed by atoms with Crippen LogP contribution in [-0.2, 0) is 14.3 Å². The summed E-state index contributed by atoms with van der Waals surface area (Å²) in [5.74, 6) is 0.289. The quantitative estimate of drug-likeness (QED) is 0.852. The van der Waals surface area contributed by atoms with Gasteiger partial charge in [0.15, 0.2) is 5.78 Å².